The van der Waals surface area contributed by atoms with Gasteiger partial charge in [-0.25, -0.2) is 19.9 Å². The Hall–Kier alpha value is -3.84. The molecule has 0 aliphatic heterocycles. The number of anilines is 2. The number of hydrogen-bond donors (Lipinski definition) is 1. The highest BCUT2D eigenvalue weighted by Gasteiger charge is 2.11. The summed E-state index contributed by atoms with van der Waals surface area (Å²) in [5, 5.41) is 3.56. The number of thiazole rings is 1. The third kappa shape index (κ3) is 4.61. The first-order valence-electron chi connectivity index (χ1n) is 11.2. The summed E-state index contributed by atoms with van der Waals surface area (Å²) in [6.45, 7) is 4.07. The lowest BCUT2D eigenvalue weighted by atomic mass is 10.0. The molecule has 0 bridgehead atoms. The Balaban J connectivity index is 1.39. The summed E-state index contributed by atoms with van der Waals surface area (Å²) in [4.78, 5) is 20.2. The number of fused-ring (bicyclic) bond motifs is 1. The van der Waals surface area contributed by atoms with Gasteiger partial charge in [-0.2, -0.15) is 0 Å². The van der Waals surface area contributed by atoms with Crippen LogP contribution in [0, 0.1) is 6.92 Å². The first kappa shape index (κ1) is 22.0. The number of benzene rings is 2. The average Bonchev–Trinajstić information content (AvgIpc) is 3.32. The molecule has 3 aromatic heterocycles. The van der Waals surface area contributed by atoms with Crippen LogP contribution < -0.4 is 10.2 Å². The van der Waals surface area contributed by atoms with Crippen LogP contribution in [0.5, 0.6) is 0 Å². The summed E-state index contributed by atoms with van der Waals surface area (Å²) in [5.41, 5.74) is 8.26. The van der Waals surface area contributed by atoms with Crippen molar-refractivity contribution in [2.24, 2.45) is 0 Å². The number of aryl methyl sites for hydroxylation is 1. The maximum Gasteiger partial charge on any atom is 0.130 e. The number of hydrogen-bond acceptors (Lipinski definition) is 7. The average molecular weight is 467 g/mol. The monoisotopic (exact) mass is 466 g/mol. The maximum absolute atomic E-state index is 4.67. The number of rotatable bonds is 6. The Bertz CT molecular complexity index is 1440. The Kier molecular flexibility index (Phi) is 5.94. The van der Waals surface area contributed by atoms with Gasteiger partial charge in [0.15, 0.2) is 0 Å². The van der Waals surface area contributed by atoms with Gasteiger partial charge < -0.3 is 10.2 Å². The second-order valence-electron chi connectivity index (χ2n) is 8.51. The fraction of sp³-hybridized carbons (Fsp3) is 0.185. The van der Waals surface area contributed by atoms with Crippen molar-refractivity contribution in [3.63, 3.8) is 0 Å². The van der Waals surface area contributed by atoms with Crippen LogP contribution in [0.25, 0.3) is 32.6 Å². The van der Waals surface area contributed by atoms with Crippen LogP contribution >= 0.6 is 11.3 Å². The van der Waals surface area contributed by atoms with Crippen LogP contribution in [0.1, 0.15) is 24.4 Å². The van der Waals surface area contributed by atoms with Gasteiger partial charge in [0.2, 0.25) is 0 Å². The first-order chi connectivity index (χ1) is 16.5. The van der Waals surface area contributed by atoms with E-state index < -0.39 is 0 Å². The van der Waals surface area contributed by atoms with E-state index in [0.717, 1.165) is 50.1 Å². The van der Waals surface area contributed by atoms with Gasteiger partial charge in [0.25, 0.3) is 0 Å². The molecule has 3 heterocycles. The van der Waals surface area contributed by atoms with E-state index in [4.69, 9.17) is 0 Å². The van der Waals surface area contributed by atoms with Crippen LogP contribution in [0.4, 0.5) is 11.6 Å². The fourth-order valence-corrected chi connectivity index (χ4v) is 4.63. The molecular weight excluding hydrogens is 440 g/mol. The zero-order valence-corrected chi connectivity index (χ0v) is 20.5. The van der Waals surface area contributed by atoms with Crippen molar-refractivity contribution < 1.29 is 0 Å². The second-order valence-corrected chi connectivity index (χ2v) is 9.40. The molecule has 0 fully saturated rings. The van der Waals surface area contributed by atoms with Crippen molar-refractivity contribution in [1.29, 1.82) is 0 Å². The highest BCUT2D eigenvalue weighted by atomic mass is 32.1. The molecule has 0 spiro atoms. The van der Waals surface area contributed by atoms with Crippen molar-refractivity contribution in [2.75, 3.05) is 24.3 Å². The molecule has 34 heavy (non-hydrogen) atoms. The maximum atomic E-state index is 4.67. The molecule has 0 saturated heterocycles. The highest BCUT2D eigenvalue weighted by Crippen LogP contribution is 2.29. The Morgan fingerprint density at radius 2 is 1.74 bits per heavy atom. The lowest BCUT2D eigenvalue weighted by molar-refractivity contribution is 0.868. The van der Waals surface area contributed by atoms with Gasteiger partial charge in [0, 0.05) is 43.5 Å². The molecule has 0 saturated carbocycles. The minimum Gasteiger partial charge on any atom is -0.363 e. The van der Waals surface area contributed by atoms with E-state index in [-0.39, 0.29) is 6.04 Å². The van der Waals surface area contributed by atoms with Crippen LogP contribution in [0.15, 0.2) is 72.4 Å². The quantitative estimate of drug-likeness (QED) is 0.314. The van der Waals surface area contributed by atoms with E-state index in [9.17, 15) is 0 Å². The predicted octanol–water partition coefficient (Wildman–Crippen LogP) is 6.36. The fourth-order valence-electron chi connectivity index (χ4n) is 3.92. The summed E-state index contributed by atoms with van der Waals surface area (Å²) in [6.07, 6.45) is 1.92. The minimum absolute atomic E-state index is 0.0695. The second kappa shape index (κ2) is 9.19. The number of nitrogens with zero attached hydrogens (tertiary/aromatic N) is 5. The standard InChI is InChI=1S/C27H26N6S/c1-17(19-6-5-7-20(12-19)22-9-11-27(28-15-22)33(3)4)30-26-14-24(31-18(2)32-26)21-8-10-23-25(13-21)34-16-29-23/h5-17H,1-4H3,(H,30,31,32). The number of pyridine rings is 1. The van der Waals surface area contributed by atoms with Crippen molar-refractivity contribution in [3.05, 3.63) is 83.8 Å². The summed E-state index contributed by atoms with van der Waals surface area (Å²) >= 11 is 1.64. The van der Waals surface area contributed by atoms with Crippen molar-refractivity contribution >= 4 is 33.2 Å². The molecule has 2 aromatic carbocycles. The van der Waals surface area contributed by atoms with E-state index in [1.807, 2.05) is 55.8 Å². The zero-order chi connectivity index (χ0) is 23.7. The van der Waals surface area contributed by atoms with Crippen molar-refractivity contribution in [2.45, 2.75) is 19.9 Å². The molecule has 5 aromatic rings. The van der Waals surface area contributed by atoms with E-state index in [1.54, 1.807) is 11.3 Å². The lowest BCUT2D eigenvalue weighted by Gasteiger charge is -2.17. The van der Waals surface area contributed by atoms with Crippen molar-refractivity contribution in [3.8, 4) is 22.4 Å². The van der Waals surface area contributed by atoms with Crippen LogP contribution in [-0.2, 0) is 0 Å². The van der Waals surface area contributed by atoms with E-state index in [0.29, 0.717) is 0 Å². The Labute approximate surface area is 203 Å². The molecule has 5 rings (SSSR count). The Morgan fingerprint density at radius 3 is 2.53 bits per heavy atom. The molecule has 7 heteroatoms. The zero-order valence-electron chi connectivity index (χ0n) is 19.6. The van der Waals surface area contributed by atoms with Gasteiger partial charge in [-0.15, -0.1) is 11.3 Å². The number of nitrogens with one attached hydrogen (secondary N) is 1. The molecule has 170 valence electrons. The molecule has 6 nitrogen and oxygen atoms in total. The minimum atomic E-state index is 0.0695. The van der Waals surface area contributed by atoms with Crippen LogP contribution in [0.3, 0.4) is 0 Å². The molecule has 1 atom stereocenters. The summed E-state index contributed by atoms with van der Waals surface area (Å²) < 4.78 is 1.15. The predicted molar refractivity (Wildman–Crippen MR) is 141 cm³/mol. The van der Waals surface area contributed by atoms with E-state index in [1.165, 1.54) is 5.56 Å². The molecule has 0 radical (unpaired) electrons. The molecule has 1 N–H and O–H groups in total. The molecule has 1 unspecified atom stereocenters. The van der Waals surface area contributed by atoms with E-state index >= 15 is 0 Å². The smallest absolute Gasteiger partial charge is 0.130 e. The topological polar surface area (TPSA) is 66.8 Å². The summed E-state index contributed by atoms with van der Waals surface area (Å²) in [7, 11) is 3.99. The van der Waals surface area contributed by atoms with Crippen LogP contribution in [-0.4, -0.2) is 34.0 Å². The highest BCUT2D eigenvalue weighted by molar-refractivity contribution is 7.16. The summed E-state index contributed by atoms with van der Waals surface area (Å²) in [6, 6.07) is 21.0. The molecular formula is C27H26N6S. The number of aromatic nitrogens is 4. The van der Waals surface area contributed by atoms with E-state index in [2.05, 4.69) is 74.6 Å². The summed E-state index contributed by atoms with van der Waals surface area (Å²) in [5.74, 6) is 2.48. The van der Waals surface area contributed by atoms with Gasteiger partial charge in [0.05, 0.1) is 21.4 Å². The van der Waals surface area contributed by atoms with Gasteiger partial charge in [0.1, 0.15) is 17.5 Å². The lowest BCUT2D eigenvalue weighted by Crippen LogP contribution is -2.10. The normalized spacial score (nSPS) is 12.0. The third-order valence-electron chi connectivity index (χ3n) is 5.76. The van der Waals surface area contributed by atoms with Gasteiger partial charge >= 0.3 is 0 Å². The van der Waals surface area contributed by atoms with Gasteiger partial charge in [-0.05, 0) is 55.3 Å². The first-order valence-corrected chi connectivity index (χ1v) is 12.0. The molecule has 0 aliphatic rings. The van der Waals surface area contributed by atoms with Gasteiger partial charge in [-0.1, -0.05) is 24.3 Å². The third-order valence-corrected chi connectivity index (χ3v) is 6.55. The SMILES string of the molecule is Cc1nc(NC(C)c2cccc(-c3ccc(N(C)C)nc3)c2)cc(-c2ccc3ncsc3c2)n1. The Morgan fingerprint density at radius 1 is 0.882 bits per heavy atom. The van der Waals surface area contributed by atoms with Crippen LogP contribution in [0.2, 0.25) is 0 Å². The largest absolute Gasteiger partial charge is 0.363 e. The van der Waals surface area contributed by atoms with Gasteiger partial charge in [-0.3, -0.25) is 0 Å². The van der Waals surface area contributed by atoms with Crippen molar-refractivity contribution in [1.82, 2.24) is 19.9 Å². The molecule has 0 aliphatic carbocycles. The molecule has 0 amide bonds.